The normalized spacial score (nSPS) is 11.7. The van der Waals surface area contributed by atoms with Gasteiger partial charge in [-0.15, -0.1) is 10.2 Å². The molecule has 0 unspecified atom stereocenters. The van der Waals surface area contributed by atoms with Crippen LogP contribution < -0.4 is 10.6 Å². The molecule has 2 N–H and O–H groups in total. The van der Waals surface area contributed by atoms with Crippen molar-refractivity contribution < 1.29 is 9.59 Å². The van der Waals surface area contributed by atoms with Gasteiger partial charge in [-0.1, -0.05) is 46.7 Å². The highest BCUT2D eigenvalue weighted by atomic mass is 35.5. The molecule has 6 nitrogen and oxygen atoms in total. The Hall–Kier alpha value is -2.77. The van der Waals surface area contributed by atoms with Crippen LogP contribution in [0.3, 0.4) is 0 Å². The Bertz CT molecular complexity index is 972. The fraction of sp³-hybridized carbons (Fsp3) is 0.158. The number of anilines is 1. The van der Waals surface area contributed by atoms with Gasteiger partial charge in [0.05, 0.1) is 0 Å². The number of aromatic nitrogens is 2. The van der Waals surface area contributed by atoms with Gasteiger partial charge in [-0.05, 0) is 44.2 Å². The Morgan fingerprint density at radius 3 is 2.56 bits per heavy atom. The Morgan fingerprint density at radius 2 is 1.85 bits per heavy atom. The molecular weight excluding hydrogens is 384 g/mol. The van der Waals surface area contributed by atoms with Gasteiger partial charge in [0.1, 0.15) is 11.0 Å². The van der Waals surface area contributed by atoms with Gasteiger partial charge in [-0.3, -0.25) is 14.9 Å². The Kier molecular flexibility index (Phi) is 5.83. The molecule has 1 atom stereocenters. The fourth-order valence-electron chi connectivity index (χ4n) is 2.33. The van der Waals surface area contributed by atoms with Gasteiger partial charge < -0.3 is 5.32 Å². The summed E-state index contributed by atoms with van der Waals surface area (Å²) in [7, 11) is 0. The third-order valence-corrected chi connectivity index (χ3v) is 4.91. The lowest BCUT2D eigenvalue weighted by molar-refractivity contribution is -0.117. The number of hydrogen-bond donors (Lipinski definition) is 2. The summed E-state index contributed by atoms with van der Waals surface area (Å²) >= 11 is 7.09. The number of hydrogen-bond acceptors (Lipinski definition) is 5. The van der Waals surface area contributed by atoms with E-state index in [9.17, 15) is 9.59 Å². The van der Waals surface area contributed by atoms with Crippen molar-refractivity contribution in [2.24, 2.45) is 0 Å². The molecule has 0 spiro atoms. The number of nitrogens with one attached hydrogen (secondary N) is 2. The second-order valence-corrected chi connectivity index (χ2v) is 7.39. The molecule has 0 radical (unpaired) electrons. The van der Waals surface area contributed by atoms with Crippen molar-refractivity contribution in [3.05, 3.63) is 64.7 Å². The molecule has 3 aromatic rings. The number of amides is 2. The van der Waals surface area contributed by atoms with Gasteiger partial charge in [0.2, 0.25) is 11.0 Å². The van der Waals surface area contributed by atoms with E-state index >= 15 is 0 Å². The van der Waals surface area contributed by atoms with Crippen molar-refractivity contribution in [3.63, 3.8) is 0 Å². The van der Waals surface area contributed by atoms with E-state index in [1.165, 1.54) is 11.3 Å². The van der Waals surface area contributed by atoms with E-state index in [0.717, 1.165) is 11.1 Å². The standard InChI is InChI=1S/C19H17ClN4O2S/c1-11-4-3-5-14(10-11)18-23-24-19(27-18)22-16(25)12(2)21-17(26)13-6-8-15(20)9-7-13/h3-10,12H,1-2H3,(H,21,26)(H,22,24,25)/t12-/m0/s1. The van der Waals surface area contributed by atoms with E-state index in [2.05, 4.69) is 20.8 Å². The van der Waals surface area contributed by atoms with Crippen molar-refractivity contribution in [1.29, 1.82) is 0 Å². The first-order valence-corrected chi connectivity index (χ1v) is 9.39. The lowest BCUT2D eigenvalue weighted by Gasteiger charge is -2.12. The summed E-state index contributed by atoms with van der Waals surface area (Å²) in [5, 5.41) is 15.1. The predicted molar refractivity (Wildman–Crippen MR) is 107 cm³/mol. The topological polar surface area (TPSA) is 84.0 Å². The van der Waals surface area contributed by atoms with Gasteiger partial charge in [-0.2, -0.15) is 0 Å². The smallest absolute Gasteiger partial charge is 0.251 e. The first kappa shape index (κ1) is 19.0. The minimum atomic E-state index is -0.737. The lowest BCUT2D eigenvalue weighted by atomic mass is 10.1. The highest BCUT2D eigenvalue weighted by Gasteiger charge is 2.18. The highest BCUT2D eigenvalue weighted by molar-refractivity contribution is 7.18. The third-order valence-electron chi connectivity index (χ3n) is 3.77. The Balaban J connectivity index is 1.61. The van der Waals surface area contributed by atoms with Crippen molar-refractivity contribution in [1.82, 2.24) is 15.5 Å². The molecule has 0 aliphatic heterocycles. The van der Waals surface area contributed by atoms with Crippen LogP contribution in [0.15, 0.2) is 48.5 Å². The second-order valence-electron chi connectivity index (χ2n) is 5.97. The van der Waals surface area contributed by atoms with Crippen LogP contribution in [0.5, 0.6) is 0 Å². The van der Waals surface area contributed by atoms with Crippen LogP contribution in [0.1, 0.15) is 22.8 Å². The van der Waals surface area contributed by atoms with Gasteiger partial charge in [0.15, 0.2) is 0 Å². The maximum Gasteiger partial charge on any atom is 0.251 e. The molecule has 1 heterocycles. The molecular formula is C19H17ClN4O2S. The van der Waals surface area contributed by atoms with Crippen LogP contribution in [0.4, 0.5) is 5.13 Å². The van der Waals surface area contributed by atoms with Gasteiger partial charge in [0, 0.05) is 16.1 Å². The number of halogens is 1. The van der Waals surface area contributed by atoms with Crippen molar-refractivity contribution in [2.75, 3.05) is 5.32 Å². The summed E-state index contributed by atoms with van der Waals surface area (Å²) in [4.78, 5) is 24.5. The number of aryl methyl sites for hydroxylation is 1. The van der Waals surface area contributed by atoms with Crippen LogP contribution in [0, 0.1) is 6.92 Å². The molecule has 0 fully saturated rings. The summed E-state index contributed by atoms with van der Waals surface area (Å²) in [6.45, 7) is 3.60. The minimum absolute atomic E-state index is 0.355. The summed E-state index contributed by atoms with van der Waals surface area (Å²) in [6, 6.07) is 13.6. The van der Waals surface area contributed by atoms with E-state index in [1.54, 1.807) is 31.2 Å². The number of carbonyl (C=O) groups is 2. The van der Waals surface area contributed by atoms with Crippen LogP contribution in [0.2, 0.25) is 5.02 Å². The maximum atomic E-state index is 12.3. The zero-order valence-electron chi connectivity index (χ0n) is 14.7. The molecule has 0 saturated heterocycles. The van der Waals surface area contributed by atoms with Crippen LogP contribution in [-0.4, -0.2) is 28.1 Å². The molecule has 0 bridgehead atoms. The molecule has 3 rings (SSSR count). The summed E-state index contributed by atoms with van der Waals surface area (Å²) in [5.41, 5.74) is 2.49. The largest absolute Gasteiger partial charge is 0.341 e. The molecule has 0 aliphatic rings. The van der Waals surface area contributed by atoms with Crippen molar-refractivity contribution in [3.8, 4) is 10.6 Å². The average molecular weight is 401 g/mol. The molecule has 27 heavy (non-hydrogen) atoms. The van der Waals surface area contributed by atoms with Crippen molar-refractivity contribution in [2.45, 2.75) is 19.9 Å². The first-order valence-electron chi connectivity index (χ1n) is 8.20. The van der Waals surface area contributed by atoms with Gasteiger partial charge in [0.25, 0.3) is 5.91 Å². The number of rotatable bonds is 5. The molecule has 2 amide bonds. The summed E-state index contributed by atoms with van der Waals surface area (Å²) < 4.78 is 0. The SMILES string of the molecule is Cc1cccc(-c2nnc(NC(=O)[C@H](C)NC(=O)c3ccc(Cl)cc3)s2)c1. The molecule has 8 heteroatoms. The molecule has 2 aromatic carbocycles. The number of nitrogens with zero attached hydrogens (tertiary/aromatic N) is 2. The van der Waals surface area contributed by atoms with E-state index < -0.39 is 6.04 Å². The zero-order chi connectivity index (χ0) is 19.4. The van der Waals surface area contributed by atoms with E-state index in [4.69, 9.17) is 11.6 Å². The Labute approximate surface area is 165 Å². The Morgan fingerprint density at radius 1 is 1.11 bits per heavy atom. The van der Waals surface area contributed by atoms with Crippen LogP contribution in [0.25, 0.3) is 10.6 Å². The first-order chi connectivity index (χ1) is 12.9. The van der Waals surface area contributed by atoms with Gasteiger partial charge >= 0.3 is 0 Å². The fourth-order valence-corrected chi connectivity index (χ4v) is 3.20. The molecule has 1 aromatic heterocycles. The quantitative estimate of drug-likeness (QED) is 0.679. The van der Waals surface area contributed by atoms with Gasteiger partial charge in [-0.25, -0.2) is 0 Å². The second kappa shape index (κ2) is 8.28. The minimum Gasteiger partial charge on any atom is -0.341 e. The van der Waals surface area contributed by atoms with E-state index in [-0.39, 0.29) is 11.8 Å². The maximum absolute atomic E-state index is 12.3. The summed E-state index contributed by atoms with van der Waals surface area (Å²) in [6.07, 6.45) is 0. The molecule has 0 saturated carbocycles. The van der Waals surface area contributed by atoms with E-state index in [0.29, 0.717) is 20.7 Å². The van der Waals surface area contributed by atoms with Crippen LogP contribution >= 0.6 is 22.9 Å². The van der Waals surface area contributed by atoms with Crippen molar-refractivity contribution >= 4 is 39.9 Å². The zero-order valence-corrected chi connectivity index (χ0v) is 16.3. The number of benzene rings is 2. The highest BCUT2D eigenvalue weighted by Crippen LogP contribution is 2.26. The lowest BCUT2D eigenvalue weighted by Crippen LogP contribution is -2.41. The predicted octanol–water partition coefficient (Wildman–Crippen LogP) is 3.92. The monoisotopic (exact) mass is 400 g/mol. The molecule has 0 aliphatic carbocycles. The number of carbonyl (C=O) groups excluding carboxylic acids is 2. The van der Waals surface area contributed by atoms with E-state index in [1.807, 2.05) is 31.2 Å². The molecule has 138 valence electrons. The third kappa shape index (κ3) is 4.90. The van der Waals surface area contributed by atoms with Crippen LogP contribution in [-0.2, 0) is 4.79 Å². The average Bonchev–Trinajstić information content (AvgIpc) is 3.10. The summed E-state index contributed by atoms with van der Waals surface area (Å²) in [5.74, 6) is -0.726.